The molecule has 0 aliphatic carbocycles. The fourth-order valence-corrected chi connectivity index (χ4v) is 4.39. The number of rotatable bonds is 4. The molecular formula is C24H29F3N6O2. The number of aryl methyl sites for hydroxylation is 1. The van der Waals surface area contributed by atoms with Gasteiger partial charge in [-0.1, -0.05) is 26.0 Å². The van der Waals surface area contributed by atoms with Crippen LogP contribution in [-0.4, -0.2) is 71.6 Å². The molecule has 1 aromatic heterocycles. The summed E-state index contributed by atoms with van der Waals surface area (Å²) in [4.78, 5) is 39.2. The van der Waals surface area contributed by atoms with Crippen molar-refractivity contribution in [3.63, 3.8) is 0 Å². The molecule has 0 bridgehead atoms. The van der Waals surface area contributed by atoms with Gasteiger partial charge in [0.15, 0.2) is 0 Å². The van der Waals surface area contributed by atoms with E-state index in [-0.39, 0.29) is 23.8 Å². The Balaban J connectivity index is 1.49. The third-order valence-electron chi connectivity index (χ3n) is 6.20. The van der Waals surface area contributed by atoms with Gasteiger partial charge < -0.3 is 10.2 Å². The number of nitrogens with zero attached hydrogens (tertiary/aromatic N) is 5. The van der Waals surface area contributed by atoms with Gasteiger partial charge in [0, 0.05) is 43.9 Å². The van der Waals surface area contributed by atoms with Crippen LogP contribution in [0.4, 0.5) is 30.4 Å². The number of benzene rings is 1. The first-order valence-corrected chi connectivity index (χ1v) is 11.6. The molecule has 1 atom stereocenters. The lowest BCUT2D eigenvalue weighted by molar-refractivity contribution is -0.158. The van der Waals surface area contributed by atoms with Gasteiger partial charge in [0.2, 0.25) is 11.8 Å². The van der Waals surface area contributed by atoms with E-state index in [0.29, 0.717) is 26.2 Å². The lowest BCUT2D eigenvalue weighted by atomic mass is 10.1. The molecule has 2 aliphatic rings. The number of carbonyl (C=O) groups is 2. The number of alkyl halides is 3. The smallest absolute Gasteiger partial charge is 0.354 e. The Morgan fingerprint density at radius 3 is 2.49 bits per heavy atom. The summed E-state index contributed by atoms with van der Waals surface area (Å²) >= 11 is 0. The number of hydrogen-bond donors (Lipinski definition) is 1. The van der Waals surface area contributed by atoms with Crippen LogP contribution in [0, 0.1) is 6.92 Å². The van der Waals surface area contributed by atoms with Crippen LogP contribution in [-0.2, 0) is 9.59 Å². The van der Waals surface area contributed by atoms with Gasteiger partial charge in [0.05, 0.1) is 24.3 Å². The number of para-hydroxylation sites is 2. The second-order valence-corrected chi connectivity index (χ2v) is 9.23. The Labute approximate surface area is 202 Å². The van der Waals surface area contributed by atoms with Gasteiger partial charge in [0.25, 0.3) is 0 Å². The number of halogens is 3. The highest BCUT2D eigenvalue weighted by Crippen LogP contribution is 2.37. The van der Waals surface area contributed by atoms with Crippen LogP contribution in [0.25, 0.3) is 0 Å². The Morgan fingerprint density at radius 2 is 1.83 bits per heavy atom. The monoisotopic (exact) mass is 490 g/mol. The summed E-state index contributed by atoms with van der Waals surface area (Å²) in [5, 5.41) is 2.49. The molecule has 1 fully saturated rings. The van der Waals surface area contributed by atoms with Crippen molar-refractivity contribution in [2.24, 2.45) is 0 Å². The standard InChI is InChI=1S/C24H29F3N6O2/c1-15(2)23-28-16(3)12-20(30-23)32-10-8-31(9-11-32)14-22(35)33-18-7-5-4-6-17(18)29-21(34)13-19(33)24(25,26)27/h4-7,12,15,19H,8-11,13-14H2,1-3H3,(H,29,34). The third kappa shape index (κ3) is 5.55. The van der Waals surface area contributed by atoms with Crippen LogP contribution in [0.5, 0.6) is 0 Å². The summed E-state index contributed by atoms with van der Waals surface area (Å²) in [5.41, 5.74) is 1.13. The molecule has 1 saturated heterocycles. The summed E-state index contributed by atoms with van der Waals surface area (Å²) in [6, 6.07) is 5.78. The zero-order valence-corrected chi connectivity index (χ0v) is 20.0. The van der Waals surface area contributed by atoms with E-state index in [0.717, 1.165) is 22.2 Å². The predicted molar refractivity (Wildman–Crippen MR) is 127 cm³/mol. The number of hydrogen-bond acceptors (Lipinski definition) is 6. The van der Waals surface area contributed by atoms with Crippen molar-refractivity contribution in [1.29, 1.82) is 0 Å². The Bertz CT molecular complexity index is 1100. The van der Waals surface area contributed by atoms with Gasteiger partial charge in [0.1, 0.15) is 17.7 Å². The van der Waals surface area contributed by atoms with Crippen molar-refractivity contribution in [2.75, 3.05) is 47.8 Å². The first-order chi connectivity index (χ1) is 16.5. The largest absolute Gasteiger partial charge is 0.409 e. The molecule has 3 heterocycles. The molecule has 35 heavy (non-hydrogen) atoms. The molecule has 0 spiro atoms. The Hall–Kier alpha value is -3.21. The highest BCUT2D eigenvalue weighted by atomic mass is 19.4. The Kier molecular flexibility index (Phi) is 6.98. The van der Waals surface area contributed by atoms with Crippen LogP contribution < -0.4 is 15.1 Å². The predicted octanol–water partition coefficient (Wildman–Crippen LogP) is 3.34. The van der Waals surface area contributed by atoms with Crippen molar-refractivity contribution in [3.05, 3.63) is 41.9 Å². The van der Waals surface area contributed by atoms with Crippen LogP contribution in [0.2, 0.25) is 0 Å². The molecule has 1 unspecified atom stereocenters. The normalized spacial score (nSPS) is 19.4. The molecular weight excluding hydrogens is 461 g/mol. The fourth-order valence-electron chi connectivity index (χ4n) is 4.39. The molecule has 188 valence electrons. The summed E-state index contributed by atoms with van der Waals surface area (Å²) in [7, 11) is 0. The maximum atomic E-state index is 13.9. The van der Waals surface area contributed by atoms with Gasteiger partial charge >= 0.3 is 6.18 Å². The molecule has 8 nitrogen and oxygen atoms in total. The lowest BCUT2D eigenvalue weighted by Gasteiger charge is -2.37. The van der Waals surface area contributed by atoms with E-state index in [9.17, 15) is 22.8 Å². The van der Waals surface area contributed by atoms with E-state index in [1.54, 1.807) is 12.1 Å². The maximum absolute atomic E-state index is 13.9. The number of nitrogens with one attached hydrogen (secondary N) is 1. The zero-order valence-electron chi connectivity index (χ0n) is 20.0. The first kappa shape index (κ1) is 24.9. The second kappa shape index (κ2) is 9.80. The SMILES string of the molecule is Cc1cc(N2CCN(CC(=O)N3c4ccccc4NC(=O)CC3C(F)(F)F)CC2)nc(C(C)C)n1. The number of amides is 2. The minimum absolute atomic E-state index is 0.0574. The molecule has 1 N–H and O–H groups in total. The highest BCUT2D eigenvalue weighted by molar-refractivity contribution is 6.05. The maximum Gasteiger partial charge on any atom is 0.409 e. The van der Waals surface area contributed by atoms with Crippen LogP contribution in [0.15, 0.2) is 30.3 Å². The number of aromatic nitrogens is 2. The van der Waals surface area contributed by atoms with Crippen LogP contribution >= 0.6 is 0 Å². The van der Waals surface area contributed by atoms with E-state index in [2.05, 4.69) is 20.2 Å². The van der Waals surface area contributed by atoms with Crippen molar-refractivity contribution < 1.29 is 22.8 Å². The number of carbonyl (C=O) groups excluding carboxylic acids is 2. The van der Waals surface area contributed by atoms with E-state index in [1.165, 1.54) is 12.1 Å². The summed E-state index contributed by atoms with van der Waals surface area (Å²) in [5.74, 6) is 0.301. The van der Waals surface area contributed by atoms with Crippen molar-refractivity contribution in [1.82, 2.24) is 14.9 Å². The van der Waals surface area contributed by atoms with Crippen LogP contribution in [0.1, 0.15) is 37.7 Å². The van der Waals surface area contributed by atoms with E-state index in [1.807, 2.05) is 31.7 Å². The molecule has 1 aromatic carbocycles. The minimum atomic E-state index is -4.75. The van der Waals surface area contributed by atoms with Crippen molar-refractivity contribution >= 4 is 29.0 Å². The van der Waals surface area contributed by atoms with Crippen LogP contribution in [0.3, 0.4) is 0 Å². The van der Waals surface area contributed by atoms with Gasteiger partial charge in [-0.05, 0) is 19.1 Å². The summed E-state index contributed by atoms with van der Waals surface area (Å²) in [6.07, 6.45) is -5.59. The first-order valence-electron chi connectivity index (χ1n) is 11.6. The van der Waals surface area contributed by atoms with Gasteiger partial charge in [-0.2, -0.15) is 13.2 Å². The average Bonchev–Trinajstić information content (AvgIpc) is 2.94. The summed E-state index contributed by atoms with van der Waals surface area (Å²) in [6.45, 7) is 7.96. The molecule has 2 aromatic rings. The van der Waals surface area contributed by atoms with Gasteiger partial charge in [-0.15, -0.1) is 0 Å². The van der Waals surface area contributed by atoms with Gasteiger partial charge in [-0.3, -0.25) is 19.4 Å². The average molecular weight is 491 g/mol. The molecule has 0 saturated carbocycles. The second-order valence-electron chi connectivity index (χ2n) is 9.23. The third-order valence-corrected chi connectivity index (χ3v) is 6.20. The van der Waals surface area contributed by atoms with E-state index < -0.39 is 30.5 Å². The zero-order chi connectivity index (χ0) is 25.3. The molecule has 11 heteroatoms. The van der Waals surface area contributed by atoms with Crippen molar-refractivity contribution in [3.8, 4) is 0 Å². The quantitative estimate of drug-likeness (QED) is 0.708. The summed E-state index contributed by atoms with van der Waals surface area (Å²) < 4.78 is 41.8. The number of piperazine rings is 1. The molecule has 0 radical (unpaired) electrons. The van der Waals surface area contributed by atoms with Gasteiger partial charge in [-0.25, -0.2) is 9.97 Å². The Morgan fingerprint density at radius 1 is 1.14 bits per heavy atom. The highest BCUT2D eigenvalue weighted by Gasteiger charge is 2.49. The van der Waals surface area contributed by atoms with Crippen molar-refractivity contribution in [2.45, 2.75) is 45.3 Å². The number of anilines is 3. The molecule has 4 rings (SSSR count). The minimum Gasteiger partial charge on any atom is -0.354 e. The molecule has 2 amide bonds. The topological polar surface area (TPSA) is 81.7 Å². The molecule has 2 aliphatic heterocycles. The van der Waals surface area contributed by atoms with E-state index >= 15 is 0 Å². The van der Waals surface area contributed by atoms with E-state index in [4.69, 9.17) is 0 Å². The fraction of sp³-hybridized carbons (Fsp3) is 0.500. The number of fused-ring (bicyclic) bond motifs is 1. The lowest BCUT2D eigenvalue weighted by Crippen LogP contribution is -2.55.